The molecule has 2 N–H and O–H groups in total. The third kappa shape index (κ3) is 2.32. The molecule has 2 aliphatic carbocycles. The Hall–Kier alpha value is -2.11. The molecular formula is C16H21N3O3. The summed E-state index contributed by atoms with van der Waals surface area (Å²) >= 11 is 0. The maximum absolute atomic E-state index is 12.6. The lowest BCUT2D eigenvalue weighted by Crippen LogP contribution is -2.41. The fraction of sp³-hybridized carbons (Fsp3) is 0.562. The Labute approximate surface area is 129 Å². The summed E-state index contributed by atoms with van der Waals surface area (Å²) < 4.78 is 1.72. The van der Waals surface area contributed by atoms with Gasteiger partial charge in [-0.3, -0.25) is 14.3 Å². The zero-order valence-corrected chi connectivity index (χ0v) is 13.0. The monoisotopic (exact) mass is 303 g/mol. The predicted molar refractivity (Wildman–Crippen MR) is 79.9 cm³/mol. The van der Waals surface area contributed by atoms with Crippen LogP contribution in [0.2, 0.25) is 0 Å². The van der Waals surface area contributed by atoms with Crippen LogP contribution in [0.15, 0.2) is 18.3 Å². The first-order valence-electron chi connectivity index (χ1n) is 7.60. The van der Waals surface area contributed by atoms with Crippen molar-refractivity contribution in [2.75, 3.05) is 0 Å². The highest BCUT2D eigenvalue weighted by Crippen LogP contribution is 2.48. The molecule has 1 saturated carbocycles. The van der Waals surface area contributed by atoms with Gasteiger partial charge >= 0.3 is 5.97 Å². The van der Waals surface area contributed by atoms with E-state index >= 15 is 0 Å². The van der Waals surface area contributed by atoms with Crippen molar-refractivity contribution >= 4 is 11.9 Å². The first-order valence-corrected chi connectivity index (χ1v) is 7.60. The van der Waals surface area contributed by atoms with Crippen molar-refractivity contribution in [2.45, 2.75) is 26.3 Å². The van der Waals surface area contributed by atoms with E-state index in [1.54, 1.807) is 4.68 Å². The zero-order valence-electron chi connectivity index (χ0n) is 13.0. The second-order valence-corrected chi connectivity index (χ2v) is 6.41. The van der Waals surface area contributed by atoms with E-state index in [1.807, 2.05) is 39.2 Å². The number of nitrogens with one attached hydrogen (secondary N) is 1. The van der Waals surface area contributed by atoms with E-state index < -0.39 is 17.8 Å². The number of hydrogen-bond acceptors (Lipinski definition) is 3. The third-order valence-corrected chi connectivity index (χ3v) is 4.92. The van der Waals surface area contributed by atoms with Crippen LogP contribution in [0.5, 0.6) is 0 Å². The fourth-order valence-corrected chi connectivity index (χ4v) is 3.95. The topological polar surface area (TPSA) is 84.2 Å². The van der Waals surface area contributed by atoms with Gasteiger partial charge in [0.1, 0.15) is 0 Å². The Bertz CT molecular complexity index is 649. The molecule has 3 rings (SSSR count). The summed E-state index contributed by atoms with van der Waals surface area (Å²) in [4.78, 5) is 24.1. The Morgan fingerprint density at radius 3 is 2.55 bits per heavy atom. The molecule has 2 aliphatic rings. The number of carboxylic acids is 1. The van der Waals surface area contributed by atoms with Crippen molar-refractivity contribution in [3.05, 3.63) is 29.6 Å². The number of carboxylic acid groups (broad SMARTS) is 1. The van der Waals surface area contributed by atoms with Crippen LogP contribution in [0.4, 0.5) is 0 Å². The molecule has 22 heavy (non-hydrogen) atoms. The van der Waals surface area contributed by atoms with Crippen LogP contribution in [-0.2, 0) is 16.6 Å². The van der Waals surface area contributed by atoms with E-state index in [-0.39, 0.29) is 23.8 Å². The van der Waals surface area contributed by atoms with Crippen molar-refractivity contribution in [1.29, 1.82) is 0 Å². The second kappa shape index (κ2) is 5.26. The van der Waals surface area contributed by atoms with Gasteiger partial charge < -0.3 is 10.4 Å². The van der Waals surface area contributed by atoms with Crippen LogP contribution in [0.3, 0.4) is 0 Å². The number of amides is 1. The molecule has 1 fully saturated rings. The van der Waals surface area contributed by atoms with E-state index in [0.29, 0.717) is 0 Å². The minimum Gasteiger partial charge on any atom is -0.481 e. The van der Waals surface area contributed by atoms with E-state index in [1.165, 1.54) is 0 Å². The number of aryl methyl sites for hydroxylation is 2. The van der Waals surface area contributed by atoms with Crippen LogP contribution in [0.25, 0.3) is 0 Å². The number of fused-ring (bicyclic) bond motifs is 2. The Kier molecular flexibility index (Phi) is 3.54. The van der Waals surface area contributed by atoms with E-state index in [2.05, 4.69) is 10.4 Å². The number of hydrogen-bond donors (Lipinski definition) is 2. The number of carbonyl (C=O) groups is 2. The molecular weight excluding hydrogens is 282 g/mol. The zero-order chi connectivity index (χ0) is 16.0. The summed E-state index contributed by atoms with van der Waals surface area (Å²) in [6, 6.07) is -0.182. The summed E-state index contributed by atoms with van der Waals surface area (Å²) in [5.74, 6) is -2.06. The lowest BCUT2D eigenvalue weighted by Gasteiger charge is -2.25. The van der Waals surface area contributed by atoms with Crippen LogP contribution >= 0.6 is 0 Å². The second-order valence-electron chi connectivity index (χ2n) is 6.41. The Morgan fingerprint density at radius 1 is 1.36 bits per heavy atom. The van der Waals surface area contributed by atoms with Crippen LogP contribution in [0, 0.1) is 30.6 Å². The summed E-state index contributed by atoms with van der Waals surface area (Å²) in [5.41, 5.74) is 1.83. The molecule has 5 atom stereocenters. The average molecular weight is 303 g/mol. The Morgan fingerprint density at radius 2 is 2.00 bits per heavy atom. The fourth-order valence-electron chi connectivity index (χ4n) is 3.95. The van der Waals surface area contributed by atoms with Gasteiger partial charge in [-0.25, -0.2) is 0 Å². The summed E-state index contributed by atoms with van der Waals surface area (Å²) in [6.45, 7) is 3.80. The maximum atomic E-state index is 12.6. The minimum atomic E-state index is -0.873. The maximum Gasteiger partial charge on any atom is 0.307 e. The van der Waals surface area contributed by atoms with Gasteiger partial charge in [0, 0.05) is 18.8 Å². The Balaban J connectivity index is 1.75. The van der Waals surface area contributed by atoms with Crippen molar-refractivity contribution in [3.63, 3.8) is 0 Å². The standard InChI is InChI=1S/C16H21N3O3/c1-8(12-7-19(3)18-9(12)2)17-15(20)13-10-4-5-11(6-10)14(13)16(21)22/h4-5,7-8,10-11,13-14H,6H2,1-3H3,(H,17,20)(H,21,22)/t8-,10-,11-,13+,14+/m0/s1. The highest BCUT2D eigenvalue weighted by atomic mass is 16.4. The molecule has 0 aliphatic heterocycles. The summed E-state index contributed by atoms with van der Waals surface area (Å²) in [5, 5.41) is 16.7. The van der Waals surface area contributed by atoms with Gasteiger partial charge in [-0.2, -0.15) is 5.10 Å². The highest BCUT2D eigenvalue weighted by Gasteiger charge is 2.51. The van der Waals surface area contributed by atoms with E-state index in [9.17, 15) is 14.7 Å². The molecule has 0 spiro atoms. The van der Waals surface area contributed by atoms with Crippen LogP contribution in [-0.4, -0.2) is 26.8 Å². The minimum absolute atomic E-state index is 0.00585. The largest absolute Gasteiger partial charge is 0.481 e. The molecule has 6 heteroatoms. The predicted octanol–water partition coefficient (Wildman–Crippen LogP) is 1.43. The molecule has 6 nitrogen and oxygen atoms in total. The van der Waals surface area contributed by atoms with E-state index in [0.717, 1.165) is 17.7 Å². The van der Waals surface area contributed by atoms with Crippen molar-refractivity contribution in [3.8, 4) is 0 Å². The molecule has 1 aromatic heterocycles. The van der Waals surface area contributed by atoms with Gasteiger partial charge in [0.2, 0.25) is 5.91 Å². The van der Waals surface area contributed by atoms with Gasteiger partial charge in [0.25, 0.3) is 0 Å². The number of carbonyl (C=O) groups excluding carboxylic acids is 1. The van der Waals surface area contributed by atoms with Crippen molar-refractivity contribution in [1.82, 2.24) is 15.1 Å². The molecule has 0 saturated heterocycles. The van der Waals surface area contributed by atoms with Crippen molar-refractivity contribution < 1.29 is 14.7 Å². The highest BCUT2D eigenvalue weighted by molar-refractivity contribution is 5.87. The van der Waals surface area contributed by atoms with Gasteiger partial charge in [0.05, 0.1) is 23.6 Å². The molecule has 0 radical (unpaired) electrons. The van der Waals surface area contributed by atoms with Gasteiger partial charge in [-0.15, -0.1) is 0 Å². The van der Waals surface area contributed by atoms with Gasteiger partial charge in [-0.1, -0.05) is 12.2 Å². The van der Waals surface area contributed by atoms with Gasteiger partial charge in [0.15, 0.2) is 0 Å². The molecule has 1 aromatic rings. The number of aliphatic carboxylic acids is 1. The van der Waals surface area contributed by atoms with Crippen molar-refractivity contribution in [2.24, 2.45) is 30.7 Å². The molecule has 0 aromatic carbocycles. The van der Waals surface area contributed by atoms with Crippen LogP contribution < -0.4 is 5.32 Å². The molecule has 1 heterocycles. The first kappa shape index (κ1) is 14.8. The number of nitrogens with zero attached hydrogens (tertiary/aromatic N) is 2. The average Bonchev–Trinajstić information content (AvgIpc) is 3.11. The summed E-state index contributed by atoms with van der Waals surface area (Å²) in [7, 11) is 1.84. The van der Waals surface area contributed by atoms with Gasteiger partial charge in [-0.05, 0) is 32.1 Å². The third-order valence-electron chi connectivity index (χ3n) is 4.92. The van der Waals surface area contributed by atoms with Crippen LogP contribution in [0.1, 0.15) is 30.6 Å². The van der Waals surface area contributed by atoms with E-state index in [4.69, 9.17) is 0 Å². The molecule has 118 valence electrons. The SMILES string of the molecule is Cc1nn(C)cc1[C@H](C)NC(=O)[C@H]1[C@H](C(=O)O)[C@H]2C=C[C@H]1C2. The molecule has 1 amide bonds. The number of allylic oxidation sites excluding steroid dienone is 2. The smallest absolute Gasteiger partial charge is 0.307 e. The number of rotatable bonds is 4. The molecule has 0 unspecified atom stereocenters. The molecule has 2 bridgehead atoms. The first-order chi connectivity index (χ1) is 10.4. The normalized spacial score (nSPS) is 30.5. The lowest BCUT2D eigenvalue weighted by molar-refractivity contribution is -0.148. The summed E-state index contributed by atoms with van der Waals surface area (Å²) in [6.07, 6.45) is 6.60. The number of aromatic nitrogens is 2. The quantitative estimate of drug-likeness (QED) is 0.824. The lowest BCUT2D eigenvalue weighted by atomic mass is 9.82.